The standard InChI is InChI=1S/C17H16BrClN2O3/c1-21(9-17(22)20-13-4-2-12(19)3-5-13)8-11-6-15-16(7-14(11)18)24-10-23-15/h2-7H,8-10H2,1H3,(H,20,22)/p+1. The number of ether oxygens (including phenoxy) is 2. The van der Waals surface area contributed by atoms with Gasteiger partial charge < -0.3 is 19.7 Å². The summed E-state index contributed by atoms with van der Waals surface area (Å²) >= 11 is 9.38. The average Bonchev–Trinajstić information content (AvgIpc) is 2.97. The quantitative estimate of drug-likeness (QED) is 0.793. The van der Waals surface area contributed by atoms with Gasteiger partial charge in [-0.15, -0.1) is 0 Å². The van der Waals surface area contributed by atoms with E-state index in [2.05, 4.69) is 21.2 Å². The first kappa shape index (κ1) is 17.1. The van der Waals surface area contributed by atoms with E-state index in [0.717, 1.165) is 32.1 Å². The van der Waals surface area contributed by atoms with Crippen molar-refractivity contribution in [2.45, 2.75) is 6.54 Å². The van der Waals surface area contributed by atoms with Crippen LogP contribution in [0.1, 0.15) is 5.56 Å². The number of amides is 1. The zero-order valence-corrected chi connectivity index (χ0v) is 15.4. The molecule has 0 bridgehead atoms. The van der Waals surface area contributed by atoms with Crippen molar-refractivity contribution in [3.8, 4) is 11.5 Å². The number of nitrogens with one attached hydrogen (secondary N) is 2. The molecule has 1 amide bonds. The molecule has 5 nitrogen and oxygen atoms in total. The summed E-state index contributed by atoms with van der Waals surface area (Å²) in [5, 5.41) is 3.51. The van der Waals surface area contributed by atoms with Crippen molar-refractivity contribution < 1.29 is 19.2 Å². The molecule has 0 radical (unpaired) electrons. The van der Waals surface area contributed by atoms with E-state index in [4.69, 9.17) is 21.1 Å². The lowest BCUT2D eigenvalue weighted by Crippen LogP contribution is -3.08. The minimum absolute atomic E-state index is 0.0494. The van der Waals surface area contributed by atoms with Gasteiger partial charge in [-0.3, -0.25) is 4.79 Å². The van der Waals surface area contributed by atoms with Crippen molar-refractivity contribution in [3.63, 3.8) is 0 Å². The number of halogens is 2. The molecule has 1 atom stereocenters. The van der Waals surface area contributed by atoms with Crippen LogP contribution < -0.4 is 19.7 Å². The molecule has 0 saturated carbocycles. The normalized spacial score (nSPS) is 13.6. The molecule has 0 saturated heterocycles. The molecule has 7 heteroatoms. The van der Waals surface area contributed by atoms with Crippen LogP contribution in [0.15, 0.2) is 40.9 Å². The fourth-order valence-electron chi connectivity index (χ4n) is 2.49. The molecule has 24 heavy (non-hydrogen) atoms. The zero-order chi connectivity index (χ0) is 17.1. The average molecular weight is 413 g/mol. The molecule has 2 N–H and O–H groups in total. The van der Waals surface area contributed by atoms with Crippen molar-refractivity contribution in [1.82, 2.24) is 0 Å². The van der Waals surface area contributed by atoms with Gasteiger partial charge in [0.15, 0.2) is 18.0 Å². The fraction of sp³-hybridized carbons (Fsp3) is 0.235. The second-order valence-corrected chi connectivity index (χ2v) is 6.95. The third-order valence-electron chi connectivity index (χ3n) is 3.62. The van der Waals surface area contributed by atoms with Gasteiger partial charge in [0.05, 0.1) is 7.05 Å². The summed E-state index contributed by atoms with van der Waals surface area (Å²) in [4.78, 5) is 13.2. The highest BCUT2D eigenvalue weighted by atomic mass is 79.9. The van der Waals surface area contributed by atoms with E-state index < -0.39 is 0 Å². The largest absolute Gasteiger partial charge is 0.454 e. The highest BCUT2D eigenvalue weighted by Gasteiger charge is 2.19. The smallest absolute Gasteiger partial charge is 0.279 e. The van der Waals surface area contributed by atoms with Gasteiger partial charge in [-0.25, -0.2) is 0 Å². The minimum atomic E-state index is -0.0494. The number of rotatable bonds is 5. The van der Waals surface area contributed by atoms with Gasteiger partial charge >= 0.3 is 0 Å². The molecule has 0 spiro atoms. The van der Waals surface area contributed by atoms with E-state index in [0.29, 0.717) is 18.1 Å². The highest BCUT2D eigenvalue weighted by molar-refractivity contribution is 9.10. The SMILES string of the molecule is C[NH+](CC(=O)Nc1ccc(Cl)cc1)Cc1cc2c(cc1Br)OCO2. The zero-order valence-electron chi connectivity index (χ0n) is 13.1. The third-order valence-corrected chi connectivity index (χ3v) is 4.61. The van der Waals surface area contributed by atoms with E-state index >= 15 is 0 Å². The van der Waals surface area contributed by atoms with Gasteiger partial charge in [0.1, 0.15) is 6.54 Å². The van der Waals surface area contributed by atoms with E-state index in [1.807, 2.05) is 19.2 Å². The molecule has 2 aromatic carbocycles. The van der Waals surface area contributed by atoms with E-state index in [1.165, 1.54) is 0 Å². The number of benzene rings is 2. The minimum Gasteiger partial charge on any atom is -0.454 e. The van der Waals surface area contributed by atoms with Crippen LogP contribution in [0.5, 0.6) is 11.5 Å². The first-order chi connectivity index (χ1) is 11.5. The summed E-state index contributed by atoms with van der Waals surface area (Å²) in [6, 6.07) is 10.9. The van der Waals surface area contributed by atoms with Crippen LogP contribution in [0.4, 0.5) is 5.69 Å². The number of likely N-dealkylation sites (N-methyl/N-ethyl adjacent to an activating group) is 1. The Balaban J connectivity index is 1.58. The van der Waals surface area contributed by atoms with Crippen molar-refractivity contribution >= 4 is 39.1 Å². The molecule has 2 aromatic rings. The lowest BCUT2D eigenvalue weighted by Gasteiger charge is -2.15. The van der Waals surface area contributed by atoms with Crippen LogP contribution in [0.3, 0.4) is 0 Å². The Morgan fingerprint density at radius 2 is 1.92 bits per heavy atom. The van der Waals surface area contributed by atoms with Gasteiger partial charge in [-0.1, -0.05) is 27.5 Å². The third kappa shape index (κ3) is 4.20. The molecule has 0 fully saturated rings. The van der Waals surface area contributed by atoms with Crippen LogP contribution in [-0.2, 0) is 11.3 Å². The molecule has 0 aromatic heterocycles. The highest BCUT2D eigenvalue weighted by Crippen LogP contribution is 2.36. The molecule has 1 unspecified atom stereocenters. The molecular weight excluding hydrogens is 396 g/mol. The molecule has 126 valence electrons. The maximum absolute atomic E-state index is 12.1. The van der Waals surface area contributed by atoms with Crippen molar-refractivity contribution in [1.29, 1.82) is 0 Å². The maximum Gasteiger partial charge on any atom is 0.279 e. The number of quaternary nitrogens is 1. The van der Waals surface area contributed by atoms with E-state index in [1.54, 1.807) is 24.3 Å². The molecule has 1 heterocycles. The lowest BCUT2D eigenvalue weighted by molar-refractivity contribution is -0.885. The number of carbonyl (C=O) groups is 1. The van der Waals surface area contributed by atoms with Crippen LogP contribution >= 0.6 is 27.5 Å². The topological polar surface area (TPSA) is 52.0 Å². The molecule has 1 aliphatic rings. The maximum atomic E-state index is 12.1. The van der Waals surface area contributed by atoms with Gasteiger partial charge in [-0.05, 0) is 36.4 Å². The number of carbonyl (C=O) groups excluding carboxylic acids is 1. The van der Waals surface area contributed by atoms with Crippen LogP contribution in [0, 0.1) is 0 Å². The molecular formula is C17H17BrClN2O3+. The summed E-state index contributed by atoms with van der Waals surface area (Å²) < 4.78 is 11.7. The predicted molar refractivity (Wildman–Crippen MR) is 95.8 cm³/mol. The van der Waals surface area contributed by atoms with Crippen molar-refractivity contribution in [2.24, 2.45) is 0 Å². The first-order valence-electron chi connectivity index (χ1n) is 7.46. The summed E-state index contributed by atoms with van der Waals surface area (Å²) in [6.45, 7) is 1.28. The van der Waals surface area contributed by atoms with Crippen LogP contribution in [0.25, 0.3) is 0 Å². The van der Waals surface area contributed by atoms with E-state index in [9.17, 15) is 4.79 Å². The Kier molecular flexibility index (Phi) is 5.28. The van der Waals surface area contributed by atoms with Crippen LogP contribution in [0.2, 0.25) is 5.02 Å². The summed E-state index contributed by atoms with van der Waals surface area (Å²) in [6.07, 6.45) is 0. The first-order valence-corrected chi connectivity index (χ1v) is 8.63. The lowest BCUT2D eigenvalue weighted by atomic mass is 10.2. The van der Waals surface area contributed by atoms with E-state index in [-0.39, 0.29) is 12.7 Å². The Labute approximate surface area is 153 Å². The molecule has 1 aliphatic heterocycles. The Bertz CT molecular complexity index is 752. The Morgan fingerprint density at radius 3 is 2.62 bits per heavy atom. The fourth-order valence-corrected chi connectivity index (χ4v) is 3.08. The van der Waals surface area contributed by atoms with Gasteiger partial charge in [0.2, 0.25) is 6.79 Å². The van der Waals surface area contributed by atoms with Crippen LogP contribution in [-0.4, -0.2) is 26.3 Å². The number of fused-ring (bicyclic) bond motifs is 1. The van der Waals surface area contributed by atoms with Gasteiger partial charge in [-0.2, -0.15) is 0 Å². The summed E-state index contributed by atoms with van der Waals surface area (Å²) in [7, 11) is 1.97. The van der Waals surface area contributed by atoms with Gasteiger partial charge in [0, 0.05) is 20.7 Å². The van der Waals surface area contributed by atoms with Crippen molar-refractivity contribution in [3.05, 3.63) is 51.5 Å². The monoisotopic (exact) mass is 411 g/mol. The number of hydrogen-bond acceptors (Lipinski definition) is 3. The molecule has 3 rings (SSSR count). The summed E-state index contributed by atoms with van der Waals surface area (Å²) in [5.41, 5.74) is 1.80. The Morgan fingerprint density at radius 1 is 1.25 bits per heavy atom. The Hall–Kier alpha value is -1.76. The predicted octanol–water partition coefficient (Wildman–Crippen LogP) is 2.48. The molecule has 0 aliphatic carbocycles. The second kappa shape index (κ2) is 7.42. The second-order valence-electron chi connectivity index (χ2n) is 5.66. The van der Waals surface area contributed by atoms with Gasteiger partial charge in [0.25, 0.3) is 5.91 Å². The number of hydrogen-bond donors (Lipinski definition) is 2. The summed E-state index contributed by atoms with van der Waals surface area (Å²) in [5.74, 6) is 1.43. The van der Waals surface area contributed by atoms with Crippen molar-refractivity contribution in [2.75, 3.05) is 25.7 Å². The number of anilines is 1.